The molecule has 0 aliphatic heterocycles. The molecule has 0 saturated heterocycles. The number of unbranched alkanes of at least 4 members (excludes halogenated alkanes) is 27. The Morgan fingerprint density at radius 3 is 1.37 bits per heavy atom. The van der Waals surface area contributed by atoms with Crippen molar-refractivity contribution in [2.24, 2.45) is 0 Å². The molecule has 73 heavy (non-hydrogen) atoms. The number of ether oxygens (including phenoxy) is 1. The zero-order valence-electron chi connectivity index (χ0n) is 47.8. The van der Waals surface area contributed by atoms with E-state index in [4.69, 9.17) is 13.8 Å². The number of likely N-dealkylation sites (N-methyl/N-ethyl adjacent to an activating group) is 1. The van der Waals surface area contributed by atoms with Crippen LogP contribution in [0.1, 0.15) is 239 Å². The van der Waals surface area contributed by atoms with Crippen molar-refractivity contribution in [1.82, 2.24) is 5.32 Å². The molecule has 1 N–H and O–H groups in total. The van der Waals surface area contributed by atoms with Crippen molar-refractivity contribution in [2.75, 3.05) is 40.9 Å². The first-order valence-corrected chi connectivity index (χ1v) is 31.1. The Morgan fingerprint density at radius 1 is 0.493 bits per heavy atom. The van der Waals surface area contributed by atoms with Crippen LogP contribution < -0.4 is 10.2 Å². The molecule has 0 spiro atoms. The summed E-state index contributed by atoms with van der Waals surface area (Å²) in [6.45, 7) is 6.64. The van der Waals surface area contributed by atoms with Crippen LogP contribution in [0.15, 0.2) is 97.2 Å². The molecule has 0 aliphatic rings. The maximum atomic E-state index is 13.5. The van der Waals surface area contributed by atoms with Gasteiger partial charge in [-0.1, -0.05) is 247 Å². The average molecular weight is 1040 g/mol. The van der Waals surface area contributed by atoms with E-state index >= 15 is 0 Å². The second-order valence-electron chi connectivity index (χ2n) is 20.9. The minimum Gasteiger partial charge on any atom is -0.756 e. The van der Waals surface area contributed by atoms with Crippen LogP contribution in [0.2, 0.25) is 0 Å². The van der Waals surface area contributed by atoms with Gasteiger partial charge in [0.25, 0.3) is 7.82 Å². The largest absolute Gasteiger partial charge is 0.756 e. The number of hydrogen-bond donors (Lipinski definition) is 1. The average Bonchev–Trinajstić information content (AvgIpc) is 3.35. The Labute approximate surface area is 449 Å². The number of nitrogens with zero attached hydrogens (tertiary/aromatic N) is 1. The Bertz CT molecular complexity index is 1570. The van der Waals surface area contributed by atoms with Crippen LogP contribution in [0.5, 0.6) is 0 Å². The Hall–Kier alpha value is -3.07. The van der Waals surface area contributed by atoms with E-state index in [9.17, 15) is 19.0 Å². The second kappa shape index (κ2) is 52.4. The van der Waals surface area contributed by atoms with Crippen molar-refractivity contribution in [3.05, 3.63) is 97.2 Å². The Kier molecular flexibility index (Phi) is 50.2. The summed E-state index contributed by atoms with van der Waals surface area (Å²) in [4.78, 5) is 39.9. The summed E-state index contributed by atoms with van der Waals surface area (Å²) >= 11 is 0. The van der Waals surface area contributed by atoms with E-state index in [-0.39, 0.29) is 31.3 Å². The Morgan fingerprint density at radius 2 is 0.890 bits per heavy atom. The number of carbonyl (C=O) groups is 2. The highest BCUT2D eigenvalue weighted by molar-refractivity contribution is 7.45. The van der Waals surface area contributed by atoms with E-state index in [0.717, 1.165) is 70.6 Å². The lowest BCUT2D eigenvalue weighted by atomic mass is 10.0. The number of phosphoric acid groups is 1. The molecule has 0 saturated carbocycles. The van der Waals surface area contributed by atoms with Gasteiger partial charge in [-0.05, 0) is 76.7 Å². The van der Waals surface area contributed by atoms with Crippen molar-refractivity contribution in [3.63, 3.8) is 0 Å². The van der Waals surface area contributed by atoms with E-state index < -0.39 is 26.6 Å². The van der Waals surface area contributed by atoms with E-state index in [1.807, 2.05) is 94.1 Å². The number of esters is 1. The van der Waals surface area contributed by atoms with Gasteiger partial charge in [0.2, 0.25) is 5.91 Å². The third-order valence-electron chi connectivity index (χ3n) is 12.7. The fourth-order valence-electron chi connectivity index (χ4n) is 8.08. The molecule has 1 amide bonds. The number of carbonyl (C=O) groups excluding carboxylic acids is 2. The highest BCUT2D eigenvalue weighted by Crippen LogP contribution is 2.38. The fraction of sp³-hybridized carbons (Fsp3) is 0.714. The second-order valence-corrected chi connectivity index (χ2v) is 22.3. The van der Waals surface area contributed by atoms with Gasteiger partial charge >= 0.3 is 5.97 Å². The number of hydrogen-bond acceptors (Lipinski definition) is 7. The first-order chi connectivity index (χ1) is 35.4. The lowest BCUT2D eigenvalue weighted by Crippen LogP contribution is -2.47. The third kappa shape index (κ3) is 53.6. The Balaban J connectivity index is 5.35. The molecule has 0 aromatic carbocycles. The zero-order valence-corrected chi connectivity index (χ0v) is 48.7. The zero-order chi connectivity index (χ0) is 53.6. The lowest BCUT2D eigenvalue weighted by Gasteiger charge is -2.30. The standard InChI is InChI=1S/C63H111N2O7P/c1-7-10-13-16-19-22-25-27-29-31-32-34-36-38-41-44-47-50-53-56-63(67)72-61(54-51-48-45-42-39-24-21-18-15-12-9-3)60(59-71-73(68,69)70-58-57-65(4,5)6)64-62(66)55-52-49-46-43-40-37-35-33-30-28-26-23-20-17-14-11-8-2/h11,14,17,20,23,26-30,33,35,37,40,51,54,60-61H,7-10,12-13,15-16,18-19,21-22,24-25,31-32,34,36,38-39,41-50,52-53,55-59H2,1-6H3,(H-,64,66,68,69)/b14-11-,20-17+,26-23+,29-27+,30-28-,35-33+,40-37+,54-51+. The summed E-state index contributed by atoms with van der Waals surface area (Å²) in [5, 5.41) is 2.99. The van der Waals surface area contributed by atoms with Crippen molar-refractivity contribution >= 4 is 19.7 Å². The van der Waals surface area contributed by atoms with E-state index in [0.29, 0.717) is 17.4 Å². The minimum atomic E-state index is -4.71. The van der Waals surface area contributed by atoms with Gasteiger partial charge in [0.1, 0.15) is 19.3 Å². The third-order valence-corrected chi connectivity index (χ3v) is 13.6. The van der Waals surface area contributed by atoms with Crippen LogP contribution in [-0.2, 0) is 27.9 Å². The highest BCUT2D eigenvalue weighted by Gasteiger charge is 2.27. The summed E-state index contributed by atoms with van der Waals surface area (Å²) in [5.41, 5.74) is 0. The van der Waals surface area contributed by atoms with Gasteiger partial charge in [-0.15, -0.1) is 0 Å². The van der Waals surface area contributed by atoms with Crippen LogP contribution in [0.4, 0.5) is 0 Å². The molecule has 0 rings (SSSR count). The van der Waals surface area contributed by atoms with E-state index in [2.05, 4.69) is 50.4 Å². The van der Waals surface area contributed by atoms with Crippen molar-refractivity contribution in [1.29, 1.82) is 0 Å². The molecule has 0 aromatic heterocycles. The number of amides is 1. The van der Waals surface area contributed by atoms with Gasteiger partial charge in [0.15, 0.2) is 0 Å². The molecule has 0 heterocycles. The van der Waals surface area contributed by atoms with Gasteiger partial charge in [-0.2, -0.15) is 0 Å². The van der Waals surface area contributed by atoms with Crippen molar-refractivity contribution < 1.29 is 37.3 Å². The molecule has 3 atom stereocenters. The van der Waals surface area contributed by atoms with E-state index in [1.54, 1.807) is 0 Å². The van der Waals surface area contributed by atoms with Crippen molar-refractivity contribution in [3.8, 4) is 0 Å². The van der Waals surface area contributed by atoms with Crippen LogP contribution in [0.3, 0.4) is 0 Å². The number of rotatable bonds is 52. The molecular weight excluding hydrogens is 928 g/mol. The first kappa shape index (κ1) is 69.9. The van der Waals surface area contributed by atoms with Crippen LogP contribution in [0.25, 0.3) is 0 Å². The van der Waals surface area contributed by atoms with Gasteiger partial charge < -0.3 is 28.5 Å². The minimum absolute atomic E-state index is 0.0363. The molecule has 10 heteroatoms. The molecule has 9 nitrogen and oxygen atoms in total. The van der Waals surface area contributed by atoms with E-state index in [1.165, 1.54) is 128 Å². The number of phosphoric ester groups is 1. The number of allylic oxidation sites excluding steroid dienone is 15. The summed E-state index contributed by atoms with van der Waals surface area (Å²) in [6.07, 6.45) is 69.5. The molecule has 0 fully saturated rings. The normalized spacial score (nSPS) is 14.5. The predicted molar refractivity (Wildman–Crippen MR) is 311 cm³/mol. The summed E-state index contributed by atoms with van der Waals surface area (Å²) in [6, 6.07) is -0.917. The smallest absolute Gasteiger partial charge is 0.306 e. The maximum Gasteiger partial charge on any atom is 0.306 e. The predicted octanol–water partition coefficient (Wildman–Crippen LogP) is 17.4. The summed E-state index contributed by atoms with van der Waals surface area (Å²) < 4.78 is 30.2. The van der Waals surface area contributed by atoms with Crippen LogP contribution in [0, 0.1) is 0 Å². The molecule has 420 valence electrons. The molecule has 0 aromatic rings. The van der Waals surface area contributed by atoms with Gasteiger partial charge in [0.05, 0.1) is 33.8 Å². The number of nitrogens with one attached hydrogen (secondary N) is 1. The van der Waals surface area contributed by atoms with Crippen molar-refractivity contribution in [2.45, 2.75) is 251 Å². The number of quaternary nitrogens is 1. The summed E-state index contributed by atoms with van der Waals surface area (Å²) in [5.74, 6) is -0.599. The SMILES string of the molecule is CC\C=C/C=C/C=C/C=C\C=C\C=C\CCCCCC(=O)NC(COP(=O)([O-])OCC[N+](C)(C)C)C(/C=C/CCCCCCCCCCC)OC(=O)CCCCCCCCCCC/C=C/CCCCCCCC. The molecule has 0 aliphatic carbocycles. The fourth-order valence-corrected chi connectivity index (χ4v) is 8.80. The van der Waals surface area contributed by atoms with Gasteiger partial charge in [-0.25, -0.2) is 0 Å². The topological polar surface area (TPSA) is 114 Å². The molecular formula is C63H111N2O7P. The van der Waals surface area contributed by atoms with Crippen LogP contribution in [-0.4, -0.2) is 69.4 Å². The molecule has 3 unspecified atom stereocenters. The van der Waals surface area contributed by atoms with Gasteiger partial charge in [-0.3, -0.25) is 14.2 Å². The first-order valence-electron chi connectivity index (χ1n) is 29.6. The van der Waals surface area contributed by atoms with Gasteiger partial charge in [0, 0.05) is 12.8 Å². The van der Waals surface area contributed by atoms with Crippen LogP contribution >= 0.6 is 7.82 Å². The highest BCUT2D eigenvalue weighted by atomic mass is 31.2. The quantitative estimate of drug-likeness (QED) is 0.0161. The molecule has 0 radical (unpaired) electrons. The molecule has 0 bridgehead atoms. The summed E-state index contributed by atoms with van der Waals surface area (Å²) in [7, 11) is 1.14. The maximum absolute atomic E-state index is 13.5. The lowest BCUT2D eigenvalue weighted by molar-refractivity contribution is -0.870. The monoisotopic (exact) mass is 1040 g/mol.